The highest BCUT2D eigenvalue weighted by Gasteiger charge is 2.03. The number of halogens is 1. The van der Waals surface area contributed by atoms with Crippen molar-refractivity contribution in [2.24, 2.45) is 0 Å². The van der Waals surface area contributed by atoms with Crippen LogP contribution in [-0.4, -0.2) is 5.78 Å². The Morgan fingerprint density at radius 3 is 2.77 bits per heavy atom. The number of ketones is 1. The zero-order valence-corrected chi connectivity index (χ0v) is 7.51. The Kier molecular flexibility index (Phi) is 3.01. The van der Waals surface area contributed by atoms with Crippen molar-refractivity contribution >= 4 is 11.5 Å². The molecule has 1 aromatic rings. The summed E-state index contributed by atoms with van der Waals surface area (Å²) in [5.41, 5.74) is 6.22. The Balaban J connectivity index is 2.79. The van der Waals surface area contributed by atoms with Crippen LogP contribution in [0, 0.1) is 5.82 Å². The van der Waals surface area contributed by atoms with Crippen LogP contribution in [0.15, 0.2) is 18.2 Å². The number of nitrogen functional groups attached to an aromatic ring is 1. The van der Waals surface area contributed by atoms with Gasteiger partial charge in [-0.2, -0.15) is 0 Å². The average Bonchev–Trinajstić information content (AvgIpc) is 2.11. The van der Waals surface area contributed by atoms with Crippen molar-refractivity contribution in [2.75, 3.05) is 5.73 Å². The molecule has 0 aliphatic carbocycles. The maximum Gasteiger partial charge on any atom is 0.146 e. The predicted octanol–water partition coefficient (Wildman–Crippen LogP) is 1.93. The Labute approximate surface area is 76.6 Å². The largest absolute Gasteiger partial charge is 0.396 e. The highest BCUT2D eigenvalue weighted by molar-refractivity contribution is 5.80. The van der Waals surface area contributed by atoms with Crippen molar-refractivity contribution in [1.82, 2.24) is 0 Å². The molecule has 0 bridgehead atoms. The highest BCUT2D eigenvalue weighted by Crippen LogP contribution is 2.13. The Hall–Kier alpha value is -1.38. The van der Waals surface area contributed by atoms with Crippen LogP contribution < -0.4 is 5.73 Å². The first-order chi connectivity index (χ1) is 6.13. The van der Waals surface area contributed by atoms with Crippen LogP contribution in [0.3, 0.4) is 0 Å². The molecule has 0 saturated carbocycles. The average molecular weight is 181 g/mol. The van der Waals surface area contributed by atoms with E-state index >= 15 is 0 Å². The zero-order chi connectivity index (χ0) is 9.84. The normalized spacial score (nSPS) is 10.0. The van der Waals surface area contributed by atoms with Crippen molar-refractivity contribution in [1.29, 1.82) is 0 Å². The number of nitrogens with two attached hydrogens (primary N) is 1. The molecule has 1 aromatic carbocycles. The maximum absolute atomic E-state index is 12.7. The van der Waals surface area contributed by atoms with Crippen molar-refractivity contribution in [2.45, 2.75) is 19.8 Å². The smallest absolute Gasteiger partial charge is 0.146 e. The van der Waals surface area contributed by atoms with Crippen molar-refractivity contribution in [3.63, 3.8) is 0 Å². The second kappa shape index (κ2) is 4.03. The zero-order valence-electron chi connectivity index (χ0n) is 7.51. The van der Waals surface area contributed by atoms with Gasteiger partial charge >= 0.3 is 0 Å². The Bertz CT molecular complexity index is 323. The minimum absolute atomic E-state index is 0.0985. The van der Waals surface area contributed by atoms with Crippen molar-refractivity contribution < 1.29 is 9.18 Å². The molecule has 70 valence electrons. The van der Waals surface area contributed by atoms with E-state index in [-0.39, 0.29) is 11.5 Å². The first kappa shape index (κ1) is 9.71. The number of hydrogen-bond donors (Lipinski definition) is 1. The molecular formula is C10H12FNO. The van der Waals surface area contributed by atoms with E-state index in [0.717, 1.165) is 5.56 Å². The second-order valence-corrected chi connectivity index (χ2v) is 2.92. The fourth-order valence-electron chi connectivity index (χ4n) is 1.06. The number of rotatable bonds is 3. The molecule has 0 saturated heterocycles. The van der Waals surface area contributed by atoms with Crippen LogP contribution in [0.2, 0.25) is 0 Å². The third kappa shape index (κ3) is 2.54. The standard InChI is InChI=1S/C10H12FNO/c1-2-8(13)5-7-3-4-9(11)10(12)6-7/h3-4,6H,2,5,12H2,1H3. The van der Waals surface area contributed by atoms with Crippen molar-refractivity contribution in [3.05, 3.63) is 29.6 Å². The van der Waals surface area contributed by atoms with Gasteiger partial charge in [0, 0.05) is 12.8 Å². The summed E-state index contributed by atoms with van der Waals surface area (Å²) in [5, 5.41) is 0. The molecular weight excluding hydrogens is 169 g/mol. The highest BCUT2D eigenvalue weighted by atomic mass is 19.1. The third-order valence-corrected chi connectivity index (χ3v) is 1.86. The summed E-state index contributed by atoms with van der Waals surface area (Å²) >= 11 is 0. The third-order valence-electron chi connectivity index (χ3n) is 1.86. The van der Waals surface area contributed by atoms with Crippen LogP contribution in [0.4, 0.5) is 10.1 Å². The monoisotopic (exact) mass is 181 g/mol. The van der Waals surface area contributed by atoms with Gasteiger partial charge in [0.25, 0.3) is 0 Å². The van der Waals surface area contributed by atoms with E-state index in [4.69, 9.17) is 5.73 Å². The lowest BCUT2D eigenvalue weighted by Crippen LogP contribution is -2.01. The van der Waals surface area contributed by atoms with Gasteiger partial charge in [0.1, 0.15) is 11.6 Å². The number of Topliss-reactive ketones (excluding diaryl/α,β-unsaturated/α-hetero) is 1. The molecule has 1 rings (SSSR count). The molecule has 0 radical (unpaired) electrons. The molecule has 0 fully saturated rings. The van der Waals surface area contributed by atoms with Gasteiger partial charge in [0.15, 0.2) is 0 Å². The van der Waals surface area contributed by atoms with Gasteiger partial charge < -0.3 is 5.73 Å². The van der Waals surface area contributed by atoms with E-state index < -0.39 is 5.82 Å². The number of carbonyl (C=O) groups is 1. The van der Waals surface area contributed by atoms with Crippen LogP contribution in [0.1, 0.15) is 18.9 Å². The number of anilines is 1. The summed E-state index contributed by atoms with van der Waals surface area (Å²) in [6.07, 6.45) is 0.832. The SMILES string of the molecule is CCC(=O)Cc1ccc(F)c(N)c1. The molecule has 3 heteroatoms. The lowest BCUT2D eigenvalue weighted by molar-refractivity contribution is -0.118. The summed E-state index contributed by atoms with van der Waals surface area (Å²) in [6, 6.07) is 4.37. The molecule has 0 amide bonds. The Morgan fingerprint density at radius 2 is 2.23 bits per heavy atom. The van der Waals surface area contributed by atoms with Crippen LogP contribution >= 0.6 is 0 Å². The van der Waals surface area contributed by atoms with E-state index in [1.54, 1.807) is 13.0 Å². The minimum Gasteiger partial charge on any atom is -0.396 e. The van der Waals surface area contributed by atoms with E-state index in [1.165, 1.54) is 12.1 Å². The molecule has 0 spiro atoms. The molecule has 0 aromatic heterocycles. The number of benzene rings is 1. The van der Waals surface area contributed by atoms with Gasteiger partial charge in [-0.15, -0.1) is 0 Å². The molecule has 13 heavy (non-hydrogen) atoms. The summed E-state index contributed by atoms with van der Waals surface area (Å²) in [5.74, 6) is -0.307. The quantitative estimate of drug-likeness (QED) is 0.724. The van der Waals surface area contributed by atoms with Gasteiger partial charge in [0.2, 0.25) is 0 Å². The maximum atomic E-state index is 12.7. The van der Waals surface area contributed by atoms with Crippen LogP contribution in [-0.2, 0) is 11.2 Å². The van der Waals surface area contributed by atoms with Gasteiger partial charge in [-0.3, -0.25) is 4.79 Å². The topological polar surface area (TPSA) is 43.1 Å². The van der Waals surface area contributed by atoms with Gasteiger partial charge in [-0.1, -0.05) is 13.0 Å². The first-order valence-electron chi connectivity index (χ1n) is 4.19. The van der Waals surface area contributed by atoms with E-state index in [0.29, 0.717) is 12.8 Å². The lowest BCUT2D eigenvalue weighted by Gasteiger charge is -2.01. The molecule has 0 heterocycles. The van der Waals surface area contributed by atoms with Crippen molar-refractivity contribution in [3.8, 4) is 0 Å². The summed E-state index contributed by atoms with van der Waals surface area (Å²) in [6.45, 7) is 1.80. The summed E-state index contributed by atoms with van der Waals surface area (Å²) < 4.78 is 12.7. The molecule has 2 N–H and O–H groups in total. The van der Waals surface area contributed by atoms with E-state index in [1.807, 2.05) is 0 Å². The predicted molar refractivity (Wildman–Crippen MR) is 49.8 cm³/mol. The lowest BCUT2D eigenvalue weighted by atomic mass is 10.1. The number of carbonyl (C=O) groups excluding carboxylic acids is 1. The molecule has 2 nitrogen and oxygen atoms in total. The minimum atomic E-state index is -0.437. The summed E-state index contributed by atoms with van der Waals surface area (Å²) in [7, 11) is 0. The fraction of sp³-hybridized carbons (Fsp3) is 0.300. The Morgan fingerprint density at radius 1 is 1.54 bits per heavy atom. The molecule has 0 atom stereocenters. The van der Waals surface area contributed by atoms with Gasteiger partial charge in [-0.05, 0) is 17.7 Å². The van der Waals surface area contributed by atoms with Crippen LogP contribution in [0.5, 0.6) is 0 Å². The van der Waals surface area contributed by atoms with E-state index in [2.05, 4.69) is 0 Å². The number of hydrogen-bond acceptors (Lipinski definition) is 2. The molecule has 0 aliphatic heterocycles. The second-order valence-electron chi connectivity index (χ2n) is 2.92. The molecule has 0 unspecified atom stereocenters. The molecule has 0 aliphatic rings. The fourth-order valence-corrected chi connectivity index (χ4v) is 1.06. The van der Waals surface area contributed by atoms with Gasteiger partial charge in [0.05, 0.1) is 5.69 Å². The first-order valence-corrected chi connectivity index (χ1v) is 4.19. The summed E-state index contributed by atoms with van der Waals surface area (Å²) in [4.78, 5) is 11.0. The van der Waals surface area contributed by atoms with E-state index in [9.17, 15) is 9.18 Å². The van der Waals surface area contributed by atoms with Crippen LogP contribution in [0.25, 0.3) is 0 Å². The van der Waals surface area contributed by atoms with Gasteiger partial charge in [-0.25, -0.2) is 4.39 Å².